The first-order chi connectivity index (χ1) is 14.7. The van der Waals surface area contributed by atoms with Crippen molar-refractivity contribution in [1.29, 1.82) is 0 Å². The van der Waals surface area contributed by atoms with Crippen LogP contribution in [0.15, 0.2) is 91.0 Å². The summed E-state index contributed by atoms with van der Waals surface area (Å²) in [5.74, 6) is 0.0852. The lowest BCUT2D eigenvalue weighted by atomic mass is 10.1. The fourth-order valence-corrected chi connectivity index (χ4v) is 3.00. The van der Waals surface area contributed by atoms with Crippen LogP contribution in [0.3, 0.4) is 0 Å². The Bertz CT molecular complexity index is 1120. The number of aromatic nitrogens is 1. The van der Waals surface area contributed by atoms with E-state index in [0.717, 1.165) is 11.1 Å². The third kappa shape index (κ3) is 4.75. The number of aromatic hydroxyl groups is 1. The Morgan fingerprint density at radius 1 is 0.700 bits per heavy atom. The second-order valence-electron chi connectivity index (χ2n) is 6.71. The topological polar surface area (TPSA) is 51.6 Å². The molecule has 4 aromatic rings. The quantitative estimate of drug-likeness (QED) is 0.428. The van der Waals surface area contributed by atoms with Gasteiger partial charge in [-0.25, -0.2) is 4.39 Å². The molecule has 0 atom stereocenters. The van der Waals surface area contributed by atoms with Crippen molar-refractivity contribution >= 4 is 0 Å². The van der Waals surface area contributed by atoms with Crippen molar-refractivity contribution in [2.24, 2.45) is 0 Å². The number of hydrogen-bond donors (Lipinski definition) is 1. The zero-order valence-corrected chi connectivity index (χ0v) is 16.2. The van der Waals surface area contributed by atoms with Gasteiger partial charge in [0.15, 0.2) is 0 Å². The molecule has 0 saturated carbocycles. The third-order valence-corrected chi connectivity index (χ3v) is 4.52. The first kappa shape index (κ1) is 19.5. The van der Waals surface area contributed by atoms with Crippen molar-refractivity contribution < 1.29 is 19.0 Å². The Hall–Kier alpha value is -3.86. The Kier molecular flexibility index (Phi) is 5.90. The van der Waals surface area contributed by atoms with Crippen LogP contribution in [0.4, 0.5) is 4.39 Å². The molecule has 0 radical (unpaired) electrons. The van der Waals surface area contributed by atoms with Crippen LogP contribution in [0.25, 0.3) is 11.1 Å². The van der Waals surface area contributed by atoms with E-state index in [4.69, 9.17) is 9.47 Å². The van der Waals surface area contributed by atoms with Gasteiger partial charge in [0.25, 0.3) is 0 Å². The summed E-state index contributed by atoms with van der Waals surface area (Å²) in [7, 11) is 0. The predicted molar refractivity (Wildman–Crippen MR) is 113 cm³/mol. The first-order valence-electron chi connectivity index (χ1n) is 9.52. The molecule has 4 nitrogen and oxygen atoms in total. The molecule has 5 heteroatoms. The molecule has 0 spiro atoms. The maximum atomic E-state index is 14.4. The van der Waals surface area contributed by atoms with Crippen LogP contribution < -0.4 is 9.47 Å². The molecule has 0 aliphatic carbocycles. The van der Waals surface area contributed by atoms with Crippen molar-refractivity contribution in [3.63, 3.8) is 0 Å². The largest absolute Gasteiger partial charge is 0.508 e. The number of rotatable bonds is 7. The summed E-state index contributed by atoms with van der Waals surface area (Å²) >= 11 is 0. The van der Waals surface area contributed by atoms with Gasteiger partial charge in [-0.3, -0.25) is 0 Å². The maximum Gasteiger partial charge on any atom is 0.225 e. The van der Waals surface area contributed by atoms with E-state index >= 15 is 0 Å². The van der Waals surface area contributed by atoms with Crippen LogP contribution in [0.5, 0.6) is 17.5 Å². The highest BCUT2D eigenvalue weighted by atomic mass is 19.1. The van der Waals surface area contributed by atoms with Crippen LogP contribution >= 0.6 is 0 Å². The van der Waals surface area contributed by atoms with Gasteiger partial charge in [0.05, 0.1) is 0 Å². The molecular formula is C25H20FNO3. The van der Waals surface area contributed by atoms with Crippen LogP contribution in [0.1, 0.15) is 11.1 Å². The second kappa shape index (κ2) is 9.09. The molecule has 0 aliphatic heterocycles. The van der Waals surface area contributed by atoms with Gasteiger partial charge in [-0.05, 0) is 35.4 Å². The van der Waals surface area contributed by atoms with E-state index in [1.165, 1.54) is 18.2 Å². The van der Waals surface area contributed by atoms with Crippen LogP contribution in [-0.4, -0.2) is 10.1 Å². The highest BCUT2D eigenvalue weighted by Gasteiger charge is 2.15. The number of halogens is 1. The Labute approximate surface area is 174 Å². The number of phenolic OH excluding ortho intramolecular Hbond substituents is 1. The molecule has 1 aromatic heterocycles. The summed E-state index contributed by atoms with van der Waals surface area (Å²) in [5.41, 5.74) is 2.61. The highest BCUT2D eigenvalue weighted by Crippen LogP contribution is 2.34. The molecule has 4 rings (SSSR count). The molecule has 0 fully saturated rings. The molecule has 0 amide bonds. The van der Waals surface area contributed by atoms with E-state index < -0.39 is 5.82 Å². The van der Waals surface area contributed by atoms with Crippen molar-refractivity contribution in [2.75, 3.05) is 0 Å². The van der Waals surface area contributed by atoms with Gasteiger partial charge < -0.3 is 14.6 Å². The zero-order chi connectivity index (χ0) is 20.8. The minimum Gasteiger partial charge on any atom is -0.508 e. The second-order valence-corrected chi connectivity index (χ2v) is 6.71. The average molecular weight is 401 g/mol. The summed E-state index contributed by atoms with van der Waals surface area (Å²) in [6.45, 7) is 0.620. The van der Waals surface area contributed by atoms with Gasteiger partial charge in [0, 0.05) is 17.2 Å². The summed E-state index contributed by atoms with van der Waals surface area (Å²) in [6, 6.07) is 26.6. The molecule has 0 saturated heterocycles. The smallest absolute Gasteiger partial charge is 0.225 e. The number of hydrogen-bond acceptors (Lipinski definition) is 4. The number of nitrogens with zero attached hydrogens (tertiary/aromatic N) is 1. The van der Waals surface area contributed by atoms with Crippen LogP contribution in [-0.2, 0) is 13.2 Å². The van der Waals surface area contributed by atoms with E-state index in [1.54, 1.807) is 12.1 Å². The monoisotopic (exact) mass is 401 g/mol. The van der Waals surface area contributed by atoms with Gasteiger partial charge in [-0.1, -0.05) is 60.7 Å². The standard InChI is InChI=1S/C25H20FNO3/c26-23-13-11-20(28)15-22(23)21-12-14-24(29-16-18-7-3-1-4-8-18)27-25(21)30-17-19-9-5-2-6-10-19/h1-15,28H,16-17H2. The molecule has 0 unspecified atom stereocenters. The molecular weight excluding hydrogens is 381 g/mol. The Morgan fingerprint density at radius 3 is 2.00 bits per heavy atom. The van der Waals surface area contributed by atoms with Crippen molar-refractivity contribution in [2.45, 2.75) is 13.2 Å². The lowest BCUT2D eigenvalue weighted by Gasteiger charge is -2.14. The van der Waals surface area contributed by atoms with E-state index in [1.807, 2.05) is 60.7 Å². The fourth-order valence-electron chi connectivity index (χ4n) is 3.00. The van der Waals surface area contributed by atoms with Crippen LogP contribution in [0.2, 0.25) is 0 Å². The predicted octanol–water partition coefficient (Wildman–Crippen LogP) is 5.75. The molecule has 1 heterocycles. The van der Waals surface area contributed by atoms with E-state index in [-0.39, 0.29) is 23.8 Å². The summed E-state index contributed by atoms with van der Waals surface area (Å²) in [4.78, 5) is 4.46. The normalized spacial score (nSPS) is 10.6. The Balaban J connectivity index is 1.63. The van der Waals surface area contributed by atoms with E-state index in [9.17, 15) is 9.50 Å². The number of benzene rings is 3. The minimum atomic E-state index is -0.475. The third-order valence-electron chi connectivity index (χ3n) is 4.52. The molecule has 150 valence electrons. The van der Waals surface area contributed by atoms with Gasteiger partial charge in [-0.2, -0.15) is 4.98 Å². The number of ether oxygens (including phenoxy) is 2. The lowest BCUT2D eigenvalue weighted by Crippen LogP contribution is -2.03. The SMILES string of the molecule is Oc1ccc(F)c(-c2ccc(OCc3ccccc3)nc2OCc2ccccc2)c1. The number of pyridine rings is 1. The molecule has 30 heavy (non-hydrogen) atoms. The van der Waals surface area contributed by atoms with E-state index in [2.05, 4.69) is 4.98 Å². The maximum absolute atomic E-state index is 14.4. The van der Waals surface area contributed by atoms with Crippen molar-refractivity contribution in [1.82, 2.24) is 4.98 Å². The molecule has 0 aliphatic rings. The van der Waals surface area contributed by atoms with Gasteiger partial charge >= 0.3 is 0 Å². The fraction of sp³-hybridized carbons (Fsp3) is 0.0800. The summed E-state index contributed by atoms with van der Waals surface area (Å²) in [5, 5.41) is 9.81. The minimum absolute atomic E-state index is 0.0372. The average Bonchev–Trinajstić information content (AvgIpc) is 2.79. The van der Waals surface area contributed by atoms with Gasteiger partial charge in [-0.15, -0.1) is 0 Å². The summed E-state index contributed by atoms with van der Waals surface area (Å²) < 4.78 is 26.2. The summed E-state index contributed by atoms with van der Waals surface area (Å²) in [6.07, 6.45) is 0. The highest BCUT2D eigenvalue weighted by molar-refractivity contribution is 5.70. The van der Waals surface area contributed by atoms with E-state index in [0.29, 0.717) is 18.1 Å². The zero-order valence-electron chi connectivity index (χ0n) is 16.2. The first-order valence-corrected chi connectivity index (χ1v) is 9.52. The lowest BCUT2D eigenvalue weighted by molar-refractivity contribution is 0.268. The Morgan fingerprint density at radius 2 is 1.33 bits per heavy atom. The molecule has 0 bridgehead atoms. The van der Waals surface area contributed by atoms with Crippen LogP contribution in [0, 0.1) is 5.82 Å². The molecule has 3 aromatic carbocycles. The van der Waals surface area contributed by atoms with Gasteiger partial charge in [0.1, 0.15) is 24.8 Å². The van der Waals surface area contributed by atoms with Gasteiger partial charge in [0.2, 0.25) is 11.8 Å². The molecule has 1 N–H and O–H groups in total. The number of phenols is 1. The van der Waals surface area contributed by atoms with Crippen molar-refractivity contribution in [3.05, 3.63) is 108 Å². The van der Waals surface area contributed by atoms with Crippen molar-refractivity contribution in [3.8, 4) is 28.6 Å².